The van der Waals surface area contributed by atoms with Gasteiger partial charge in [0.2, 0.25) is 0 Å². The lowest BCUT2D eigenvalue weighted by Crippen LogP contribution is -2.15. The lowest BCUT2D eigenvalue weighted by atomic mass is 9.97. The first-order valence-corrected chi connectivity index (χ1v) is 8.96. The second kappa shape index (κ2) is 7.23. The van der Waals surface area contributed by atoms with Gasteiger partial charge in [-0.2, -0.15) is 0 Å². The van der Waals surface area contributed by atoms with Crippen molar-refractivity contribution in [2.45, 2.75) is 19.8 Å². The number of hydrogen-bond donors (Lipinski definition) is 1. The van der Waals surface area contributed by atoms with E-state index in [1.54, 1.807) is 19.4 Å². The average Bonchev–Trinajstić information content (AvgIpc) is 3.18. The fraction of sp³-hybridized carbons (Fsp3) is 0.286. The molecule has 6 nitrogen and oxygen atoms in total. The van der Waals surface area contributed by atoms with Crippen LogP contribution in [0.5, 0.6) is 23.0 Å². The van der Waals surface area contributed by atoms with E-state index in [2.05, 4.69) is 12.1 Å². The third-order valence-corrected chi connectivity index (χ3v) is 4.60. The molecule has 2 heterocycles. The van der Waals surface area contributed by atoms with Gasteiger partial charge in [0, 0.05) is 17.2 Å². The van der Waals surface area contributed by atoms with Gasteiger partial charge in [0.1, 0.15) is 36.7 Å². The Morgan fingerprint density at radius 3 is 2.67 bits per heavy atom. The lowest BCUT2D eigenvalue weighted by Gasteiger charge is -2.18. The summed E-state index contributed by atoms with van der Waals surface area (Å²) in [6.45, 7) is 3.17. The van der Waals surface area contributed by atoms with E-state index in [-0.39, 0.29) is 5.75 Å². The Hall–Kier alpha value is -3.15. The number of aromatic nitrogens is 1. The first-order valence-electron chi connectivity index (χ1n) is 8.96. The minimum atomic E-state index is 0.0967. The van der Waals surface area contributed by atoms with Crippen molar-refractivity contribution in [2.75, 3.05) is 20.3 Å². The van der Waals surface area contributed by atoms with Gasteiger partial charge in [0.25, 0.3) is 0 Å². The van der Waals surface area contributed by atoms with E-state index < -0.39 is 0 Å². The molecule has 140 valence electrons. The molecule has 1 aliphatic heterocycles. The topological polar surface area (TPSA) is 74.0 Å². The quantitative estimate of drug-likeness (QED) is 0.718. The molecule has 4 rings (SSSR count). The highest BCUT2D eigenvalue weighted by Crippen LogP contribution is 2.42. The Morgan fingerprint density at radius 2 is 1.89 bits per heavy atom. The van der Waals surface area contributed by atoms with Crippen LogP contribution in [0.1, 0.15) is 18.9 Å². The standard InChI is InChI=1S/C21H21NO5/c1-3-4-14-9-15(17(23)11-19(14)24-2)21-16(12-27-22-21)13-5-6-18-20(10-13)26-8-7-25-18/h5-6,9-12,23H,3-4,7-8H2,1-2H3. The molecule has 0 radical (unpaired) electrons. The number of ether oxygens (including phenoxy) is 3. The summed E-state index contributed by atoms with van der Waals surface area (Å²) in [5.74, 6) is 2.18. The van der Waals surface area contributed by atoms with Crippen LogP contribution < -0.4 is 14.2 Å². The summed E-state index contributed by atoms with van der Waals surface area (Å²) in [5, 5.41) is 14.7. The van der Waals surface area contributed by atoms with Crippen LogP contribution in [0.15, 0.2) is 41.1 Å². The number of phenolic OH excluding ortho intramolecular Hbond substituents is 1. The van der Waals surface area contributed by atoms with Gasteiger partial charge in [-0.1, -0.05) is 24.6 Å². The molecular weight excluding hydrogens is 346 g/mol. The third kappa shape index (κ3) is 3.18. The average molecular weight is 367 g/mol. The van der Waals surface area contributed by atoms with Crippen LogP contribution in [0.3, 0.4) is 0 Å². The van der Waals surface area contributed by atoms with Crippen molar-refractivity contribution in [1.29, 1.82) is 0 Å². The molecule has 3 aromatic rings. The lowest BCUT2D eigenvalue weighted by molar-refractivity contribution is 0.171. The largest absolute Gasteiger partial charge is 0.507 e. The fourth-order valence-corrected chi connectivity index (χ4v) is 3.30. The molecular formula is C21H21NO5. The number of fused-ring (bicyclic) bond motifs is 1. The molecule has 0 amide bonds. The number of nitrogens with zero attached hydrogens (tertiary/aromatic N) is 1. The van der Waals surface area contributed by atoms with Crippen LogP contribution in [0.2, 0.25) is 0 Å². The van der Waals surface area contributed by atoms with Crippen molar-refractivity contribution in [3.05, 3.63) is 42.2 Å². The Kier molecular flexibility index (Phi) is 4.62. The zero-order valence-corrected chi connectivity index (χ0v) is 15.3. The van der Waals surface area contributed by atoms with Crippen molar-refractivity contribution in [2.24, 2.45) is 0 Å². The predicted octanol–water partition coefficient (Wildman–Crippen LogP) is 4.45. The molecule has 0 aliphatic carbocycles. The van der Waals surface area contributed by atoms with Crippen molar-refractivity contribution in [3.63, 3.8) is 0 Å². The highest BCUT2D eigenvalue weighted by molar-refractivity contribution is 5.84. The molecule has 6 heteroatoms. The highest BCUT2D eigenvalue weighted by Gasteiger charge is 2.20. The van der Waals surface area contributed by atoms with Gasteiger partial charge in [-0.3, -0.25) is 0 Å². The molecule has 1 aromatic heterocycles. The molecule has 1 aliphatic rings. The summed E-state index contributed by atoms with van der Waals surface area (Å²) in [5.41, 5.74) is 3.85. The van der Waals surface area contributed by atoms with E-state index in [4.69, 9.17) is 18.7 Å². The summed E-state index contributed by atoms with van der Waals surface area (Å²) in [7, 11) is 1.60. The molecule has 0 atom stereocenters. The first-order chi connectivity index (χ1) is 13.2. The van der Waals surface area contributed by atoms with Gasteiger partial charge in [-0.15, -0.1) is 0 Å². The van der Waals surface area contributed by atoms with E-state index in [0.717, 1.165) is 35.3 Å². The van der Waals surface area contributed by atoms with E-state index in [0.29, 0.717) is 36.0 Å². The maximum Gasteiger partial charge on any atom is 0.161 e. The summed E-state index contributed by atoms with van der Waals surface area (Å²) >= 11 is 0. The monoisotopic (exact) mass is 367 g/mol. The molecule has 0 fully saturated rings. The van der Waals surface area contributed by atoms with E-state index in [9.17, 15) is 5.11 Å². The minimum absolute atomic E-state index is 0.0967. The van der Waals surface area contributed by atoms with Gasteiger partial charge in [-0.05, 0) is 35.7 Å². The smallest absolute Gasteiger partial charge is 0.161 e. The van der Waals surface area contributed by atoms with Crippen LogP contribution in [-0.2, 0) is 6.42 Å². The number of methoxy groups -OCH3 is 1. The Morgan fingerprint density at radius 1 is 1.07 bits per heavy atom. The van der Waals surface area contributed by atoms with Gasteiger partial charge >= 0.3 is 0 Å². The number of benzene rings is 2. The van der Waals surface area contributed by atoms with Crippen LogP contribution >= 0.6 is 0 Å². The Labute approximate surface area is 157 Å². The summed E-state index contributed by atoms with van der Waals surface area (Å²) in [6.07, 6.45) is 3.38. The Balaban J connectivity index is 1.79. The SMILES string of the molecule is CCCc1cc(-c2nocc2-c2ccc3c(c2)OCCO3)c(O)cc1OC. The Bertz CT molecular complexity index is 963. The normalized spacial score (nSPS) is 12.8. The second-order valence-corrected chi connectivity index (χ2v) is 6.37. The number of phenols is 1. The summed E-state index contributed by atoms with van der Waals surface area (Å²) < 4.78 is 21.9. The molecule has 0 bridgehead atoms. The van der Waals surface area contributed by atoms with Crippen LogP contribution in [0.4, 0.5) is 0 Å². The van der Waals surface area contributed by atoms with Gasteiger partial charge in [0.05, 0.1) is 7.11 Å². The zero-order valence-electron chi connectivity index (χ0n) is 15.3. The molecule has 0 saturated carbocycles. The van der Waals surface area contributed by atoms with Crippen molar-refractivity contribution in [1.82, 2.24) is 5.16 Å². The molecule has 1 N–H and O–H groups in total. The van der Waals surface area contributed by atoms with E-state index in [1.165, 1.54) is 0 Å². The summed E-state index contributed by atoms with van der Waals surface area (Å²) in [4.78, 5) is 0. The van der Waals surface area contributed by atoms with Crippen LogP contribution in [0, 0.1) is 0 Å². The van der Waals surface area contributed by atoms with Crippen LogP contribution in [-0.4, -0.2) is 30.6 Å². The predicted molar refractivity (Wildman–Crippen MR) is 101 cm³/mol. The molecule has 0 unspecified atom stereocenters. The zero-order chi connectivity index (χ0) is 18.8. The van der Waals surface area contributed by atoms with Crippen LogP contribution in [0.25, 0.3) is 22.4 Å². The molecule has 0 saturated heterocycles. The van der Waals surface area contributed by atoms with Crippen molar-refractivity contribution >= 4 is 0 Å². The minimum Gasteiger partial charge on any atom is -0.507 e. The van der Waals surface area contributed by atoms with Gasteiger partial charge in [0.15, 0.2) is 11.5 Å². The maximum absolute atomic E-state index is 10.5. The number of rotatable bonds is 5. The number of hydrogen-bond acceptors (Lipinski definition) is 6. The highest BCUT2D eigenvalue weighted by atomic mass is 16.6. The molecule has 27 heavy (non-hydrogen) atoms. The number of aromatic hydroxyl groups is 1. The molecule has 2 aromatic carbocycles. The maximum atomic E-state index is 10.5. The number of aryl methyl sites for hydroxylation is 1. The first kappa shape index (κ1) is 17.3. The van der Waals surface area contributed by atoms with E-state index in [1.807, 2.05) is 24.3 Å². The third-order valence-electron chi connectivity index (χ3n) is 4.60. The van der Waals surface area contributed by atoms with E-state index >= 15 is 0 Å². The van der Waals surface area contributed by atoms with Crippen molar-refractivity contribution in [3.8, 4) is 45.4 Å². The summed E-state index contributed by atoms with van der Waals surface area (Å²) in [6, 6.07) is 9.24. The van der Waals surface area contributed by atoms with Crippen molar-refractivity contribution < 1.29 is 23.8 Å². The van der Waals surface area contributed by atoms with Gasteiger partial charge in [-0.25, -0.2) is 0 Å². The van der Waals surface area contributed by atoms with Gasteiger partial charge < -0.3 is 23.8 Å². The molecule has 0 spiro atoms. The second-order valence-electron chi connectivity index (χ2n) is 6.37. The fourth-order valence-electron chi connectivity index (χ4n) is 3.30.